The third-order valence-corrected chi connectivity index (χ3v) is 8.68. The highest BCUT2D eigenvalue weighted by atomic mass is 32.2. The van der Waals surface area contributed by atoms with Crippen LogP contribution in [-0.4, -0.2) is 109 Å². The van der Waals surface area contributed by atoms with Gasteiger partial charge in [0.2, 0.25) is 0 Å². The van der Waals surface area contributed by atoms with Crippen molar-refractivity contribution in [3.63, 3.8) is 0 Å². The molecule has 202 valence electrons. The first-order valence-electron chi connectivity index (χ1n) is 13.8. The van der Waals surface area contributed by atoms with Crippen molar-refractivity contribution in [2.45, 2.75) is 49.4 Å². The van der Waals surface area contributed by atoms with Crippen LogP contribution in [0.2, 0.25) is 0 Å². The minimum absolute atomic E-state index is 0.0343. The van der Waals surface area contributed by atoms with Gasteiger partial charge in [0, 0.05) is 61.0 Å². The number of hydrogen-bond acceptors (Lipinski definition) is 7. The van der Waals surface area contributed by atoms with Crippen molar-refractivity contribution >= 4 is 17.7 Å². The lowest BCUT2D eigenvalue weighted by atomic mass is 10.1. The standard InChI is InChI=1S/C15H15N3O2S.C13H26N2O/c19-15(18-5-7-20-8-6-18)14-11-9-21-12-4-2-1-3-10(12)13(11)16-17-14;1-13(2)12-15(10-11-16-13)9-8-14-6-4-3-5-7-14/h1-4H,5-9H2,(H,16,17);3-12H2,1-2H3. The number of aromatic amines is 1. The molecular weight excluding hydrogens is 486 g/mol. The molecule has 0 bridgehead atoms. The zero-order chi connectivity index (χ0) is 25.7. The predicted octanol–water partition coefficient (Wildman–Crippen LogP) is 3.74. The fourth-order valence-corrected chi connectivity index (χ4v) is 6.61. The van der Waals surface area contributed by atoms with Gasteiger partial charge in [-0.05, 0) is 45.8 Å². The second-order valence-corrected chi connectivity index (χ2v) is 11.9. The van der Waals surface area contributed by atoms with Crippen LogP contribution in [0.3, 0.4) is 0 Å². The third-order valence-electron chi connectivity index (χ3n) is 7.58. The van der Waals surface area contributed by atoms with Gasteiger partial charge in [-0.25, -0.2) is 0 Å². The molecule has 0 atom stereocenters. The Morgan fingerprint density at radius 2 is 1.76 bits per heavy atom. The van der Waals surface area contributed by atoms with Gasteiger partial charge in [0.1, 0.15) is 5.69 Å². The first-order chi connectivity index (χ1) is 18.0. The molecule has 2 aromatic rings. The average Bonchev–Trinajstić information content (AvgIpc) is 3.37. The van der Waals surface area contributed by atoms with Crippen LogP contribution < -0.4 is 0 Å². The number of benzene rings is 1. The van der Waals surface area contributed by atoms with Crippen LogP contribution in [0.1, 0.15) is 49.2 Å². The van der Waals surface area contributed by atoms with Gasteiger partial charge in [-0.1, -0.05) is 24.6 Å². The van der Waals surface area contributed by atoms with E-state index in [0.29, 0.717) is 32.0 Å². The molecule has 1 aromatic carbocycles. The number of nitrogens with one attached hydrogen (secondary N) is 1. The molecule has 8 nitrogen and oxygen atoms in total. The van der Waals surface area contributed by atoms with Gasteiger partial charge in [0.25, 0.3) is 5.91 Å². The first kappa shape index (κ1) is 26.7. The van der Waals surface area contributed by atoms with Crippen LogP contribution in [0.25, 0.3) is 11.3 Å². The van der Waals surface area contributed by atoms with Gasteiger partial charge in [-0.3, -0.25) is 14.8 Å². The van der Waals surface area contributed by atoms with E-state index in [0.717, 1.165) is 42.3 Å². The van der Waals surface area contributed by atoms with E-state index in [1.807, 2.05) is 17.0 Å². The number of piperidine rings is 1. The molecule has 4 aliphatic heterocycles. The number of morpholine rings is 2. The minimum atomic E-state index is 0.0343. The van der Waals surface area contributed by atoms with Gasteiger partial charge < -0.3 is 19.3 Å². The van der Waals surface area contributed by atoms with Gasteiger partial charge in [-0.2, -0.15) is 5.10 Å². The lowest BCUT2D eigenvalue weighted by molar-refractivity contribution is -0.0872. The minimum Gasteiger partial charge on any atom is -0.378 e. The summed E-state index contributed by atoms with van der Waals surface area (Å²) < 4.78 is 11.0. The van der Waals surface area contributed by atoms with Crippen molar-refractivity contribution in [1.82, 2.24) is 24.9 Å². The number of aromatic nitrogens is 2. The molecule has 0 spiro atoms. The second-order valence-electron chi connectivity index (χ2n) is 10.9. The smallest absolute Gasteiger partial charge is 0.272 e. The lowest BCUT2D eigenvalue weighted by Crippen LogP contribution is -2.50. The van der Waals surface area contributed by atoms with Crippen LogP contribution in [0.15, 0.2) is 29.2 Å². The number of fused-ring (bicyclic) bond motifs is 3. The Morgan fingerprint density at radius 3 is 2.54 bits per heavy atom. The number of rotatable bonds is 4. The summed E-state index contributed by atoms with van der Waals surface area (Å²) in [7, 11) is 0. The molecule has 37 heavy (non-hydrogen) atoms. The molecule has 0 aliphatic carbocycles. The fraction of sp³-hybridized carbons (Fsp3) is 0.643. The van der Waals surface area contributed by atoms with E-state index in [1.165, 1.54) is 50.3 Å². The second kappa shape index (κ2) is 12.3. The van der Waals surface area contributed by atoms with E-state index < -0.39 is 0 Å². The number of nitrogens with zero attached hydrogens (tertiary/aromatic N) is 4. The number of carbonyl (C=O) groups is 1. The van der Waals surface area contributed by atoms with E-state index in [2.05, 4.69) is 46.0 Å². The quantitative estimate of drug-likeness (QED) is 0.649. The Kier molecular flexibility index (Phi) is 8.87. The van der Waals surface area contributed by atoms with E-state index in [9.17, 15) is 4.79 Å². The number of amides is 1. The van der Waals surface area contributed by atoms with Crippen molar-refractivity contribution in [3.05, 3.63) is 35.5 Å². The van der Waals surface area contributed by atoms with Crippen LogP contribution in [0.4, 0.5) is 0 Å². The molecule has 3 fully saturated rings. The number of carbonyl (C=O) groups excluding carboxylic acids is 1. The lowest BCUT2D eigenvalue weighted by Gasteiger charge is -2.39. The highest BCUT2D eigenvalue weighted by Gasteiger charge is 2.29. The topological polar surface area (TPSA) is 73.9 Å². The maximum Gasteiger partial charge on any atom is 0.272 e. The van der Waals surface area contributed by atoms with Crippen molar-refractivity contribution in [1.29, 1.82) is 0 Å². The zero-order valence-electron chi connectivity index (χ0n) is 22.3. The van der Waals surface area contributed by atoms with Crippen molar-refractivity contribution in [2.24, 2.45) is 0 Å². The molecular formula is C28H41N5O3S. The maximum absolute atomic E-state index is 12.6. The van der Waals surface area contributed by atoms with Crippen LogP contribution >= 0.6 is 11.8 Å². The molecule has 1 N–H and O–H groups in total. The van der Waals surface area contributed by atoms with Crippen LogP contribution in [-0.2, 0) is 15.2 Å². The summed E-state index contributed by atoms with van der Waals surface area (Å²) in [6, 6.07) is 8.20. The van der Waals surface area contributed by atoms with Gasteiger partial charge in [0.15, 0.2) is 0 Å². The molecule has 1 amide bonds. The van der Waals surface area contributed by atoms with Gasteiger partial charge >= 0.3 is 0 Å². The summed E-state index contributed by atoms with van der Waals surface area (Å²) in [6.45, 7) is 15.1. The normalized spacial score (nSPS) is 21.9. The molecule has 9 heteroatoms. The van der Waals surface area contributed by atoms with Crippen LogP contribution in [0.5, 0.6) is 0 Å². The Bertz CT molecular complexity index is 1050. The molecule has 0 radical (unpaired) electrons. The van der Waals surface area contributed by atoms with Crippen molar-refractivity contribution in [2.75, 3.05) is 72.2 Å². The Balaban J connectivity index is 0.000000158. The molecule has 5 heterocycles. The molecule has 4 aliphatic rings. The summed E-state index contributed by atoms with van der Waals surface area (Å²) in [5.41, 5.74) is 3.74. The molecule has 0 unspecified atom stereocenters. The first-order valence-corrected chi connectivity index (χ1v) is 14.7. The summed E-state index contributed by atoms with van der Waals surface area (Å²) in [6.07, 6.45) is 4.23. The summed E-state index contributed by atoms with van der Waals surface area (Å²) in [4.78, 5) is 20.9. The third kappa shape index (κ3) is 6.75. The number of likely N-dealkylation sites (tertiary alicyclic amines) is 1. The summed E-state index contributed by atoms with van der Waals surface area (Å²) >= 11 is 1.76. The molecule has 1 aromatic heterocycles. The number of ether oxygens (including phenoxy) is 2. The number of thioether (sulfide) groups is 1. The van der Waals surface area contributed by atoms with Crippen molar-refractivity contribution < 1.29 is 14.3 Å². The van der Waals surface area contributed by atoms with E-state index in [-0.39, 0.29) is 11.5 Å². The molecule has 0 saturated carbocycles. The van der Waals surface area contributed by atoms with E-state index in [4.69, 9.17) is 9.47 Å². The highest BCUT2D eigenvalue weighted by molar-refractivity contribution is 7.98. The van der Waals surface area contributed by atoms with E-state index in [1.54, 1.807) is 11.8 Å². The molecule has 3 saturated heterocycles. The SMILES string of the molecule is CC1(C)CN(CCN2CCCCC2)CCO1.O=C(c1[nH]nc2c1CSc1ccccc1-2)N1CCOCC1. The average molecular weight is 528 g/mol. The van der Waals surface area contributed by atoms with E-state index >= 15 is 0 Å². The maximum atomic E-state index is 12.6. The fourth-order valence-electron chi connectivity index (χ4n) is 5.54. The van der Waals surface area contributed by atoms with Gasteiger partial charge in [-0.15, -0.1) is 11.8 Å². The molecule has 6 rings (SSSR count). The zero-order valence-corrected chi connectivity index (χ0v) is 23.2. The Labute approximate surface area is 225 Å². The largest absolute Gasteiger partial charge is 0.378 e. The summed E-state index contributed by atoms with van der Waals surface area (Å²) in [5, 5.41) is 7.36. The highest BCUT2D eigenvalue weighted by Crippen LogP contribution is 2.41. The number of H-pyrrole nitrogens is 1. The van der Waals surface area contributed by atoms with Gasteiger partial charge in [0.05, 0.1) is 31.1 Å². The summed E-state index contributed by atoms with van der Waals surface area (Å²) in [5.74, 6) is 0.820. The Morgan fingerprint density at radius 1 is 1.00 bits per heavy atom. The Hall–Kier alpha value is -1.91. The number of hydrogen-bond donors (Lipinski definition) is 1. The predicted molar refractivity (Wildman–Crippen MR) is 147 cm³/mol. The monoisotopic (exact) mass is 527 g/mol. The van der Waals surface area contributed by atoms with Crippen molar-refractivity contribution in [3.8, 4) is 11.3 Å². The van der Waals surface area contributed by atoms with Crippen LogP contribution in [0, 0.1) is 0 Å².